The maximum atomic E-state index is 11.8. The molecule has 0 spiro atoms. The van der Waals surface area contributed by atoms with E-state index in [4.69, 9.17) is 14.4 Å². The Balaban J connectivity index is 0.000000166. The second-order valence-electron chi connectivity index (χ2n) is 4.88. The highest BCUT2D eigenvalue weighted by Gasteiger charge is 2.14. The van der Waals surface area contributed by atoms with Gasteiger partial charge in [-0.2, -0.15) is 0 Å². The van der Waals surface area contributed by atoms with Gasteiger partial charge in [-0.15, -0.1) is 0 Å². The van der Waals surface area contributed by atoms with E-state index < -0.39 is 7.65 Å². The van der Waals surface area contributed by atoms with Crippen molar-refractivity contribution >= 4 is 29.1 Å². The lowest BCUT2D eigenvalue weighted by atomic mass is 10.1. The summed E-state index contributed by atoms with van der Waals surface area (Å²) in [6.45, 7) is 0. The summed E-state index contributed by atoms with van der Waals surface area (Å²) in [7, 11) is -1.74. The molecule has 0 bridgehead atoms. The van der Waals surface area contributed by atoms with Crippen molar-refractivity contribution in [2.24, 2.45) is 0 Å². The molecular formula is C18H14O4P+. The first kappa shape index (κ1) is 15.1. The van der Waals surface area contributed by atoms with Crippen LogP contribution in [0, 0.1) is 0 Å². The normalized spacial score (nSPS) is 11.0. The van der Waals surface area contributed by atoms with Crippen LogP contribution in [0.4, 0.5) is 0 Å². The molecule has 0 saturated heterocycles. The zero-order valence-corrected chi connectivity index (χ0v) is 13.0. The van der Waals surface area contributed by atoms with E-state index in [1.807, 2.05) is 48.5 Å². The molecule has 23 heavy (non-hydrogen) atoms. The number of para-hydroxylation sites is 1. The summed E-state index contributed by atoms with van der Waals surface area (Å²) in [5.41, 5.74) is 0.706. The average Bonchev–Trinajstić information content (AvgIpc) is 2.59. The molecule has 4 rings (SSSR count). The molecular weight excluding hydrogens is 311 g/mol. The number of hydrogen-bond acceptors (Lipinski definition) is 4. The predicted molar refractivity (Wildman–Crippen MR) is 91.1 cm³/mol. The van der Waals surface area contributed by atoms with Gasteiger partial charge in [-0.05, 0) is 47.0 Å². The zero-order chi connectivity index (χ0) is 16.2. The van der Waals surface area contributed by atoms with Crippen molar-refractivity contribution in [1.29, 1.82) is 0 Å². The van der Waals surface area contributed by atoms with Gasteiger partial charge in [0.15, 0.2) is 5.58 Å². The van der Waals surface area contributed by atoms with Gasteiger partial charge < -0.3 is 10.2 Å². The highest BCUT2D eigenvalue weighted by atomic mass is 31.1. The van der Waals surface area contributed by atoms with E-state index in [1.54, 1.807) is 0 Å². The molecule has 1 heterocycles. The maximum Gasteiger partial charge on any atom is 0.597 e. The second-order valence-corrected chi connectivity index (χ2v) is 6.06. The van der Waals surface area contributed by atoms with Crippen LogP contribution in [-0.4, -0.2) is 10.2 Å². The topological polar surface area (TPSA) is 70.7 Å². The number of aromatic hydroxyl groups is 2. The molecule has 1 aromatic heterocycles. The Hall–Kier alpha value is -2.84. The van der Waals surface area contributed by atoms with Crippen molar-refractivity contribution < 1.29 is 19.0 Å². The minimum atomic E-state index is -1.74. The van der Waals surface area contributed by atoms with Crippen LogP contribution in [0.5, 0.6) is 11.5 Å². The molecule has 0 aliphatic rings. The third-order valence-electron chi connectivity index (χ3n) is 3.31. The fourth-order valence-electron chi connectivity index (χ4n) is 2.22. The fraction of sp³-hybridized carbons (Fsp3) is 0. The van der Waals surface area contributed by atoms with Gasteiger partial charge in [0.05, 0.1) is 0 Å². The van der Waals surface area contributed by atoms with Crippen LogP contribution < -0.4 is 0 Å². The summed E-state index contributed by atoms with van der Waals surface area (Å²) < 4.78 is 17.1. The first-order valence-corrected chi connectivity index (χ1v) is 8.14. The minimum Gasteiger partial charge on any atom is -0.508 e. The third kappa shape index (κ3) is 3.33. The van der Waals surface area contributed by atoms with Crippen LogP contribution in [0.1, 0.15) is 0 Å². The van der Waals surface area contributed by atoms with E-state index in [-0.39, 0.29) is 11.5 Å². The number of fused-ring (bicyclic) bond motifs is 3. The smallest absolute Gasteiger partial charge is 0.508 e. The lowest BCUT2D eigenvalue weighted by Gasteiger charge is -1.94. The van der Waals surface area contributed by atoms with Gasteiger partial charge in [0.25, 0.3) is 0 Å². The summed E-state index contributed by atoms with van der Waals surface area (Å²) in [5.74, 6) is 0.339. The van der Waals surface area contributed by atoms with Gasteiger partial charge in [0.2, 0.25) is 5.12 Å². The number of rotatable bonds is 0. The Bertz CT molecular complexity index is 986. The Morgan fingerprint density at radius 1 is 0.696 bits per heavy atom. The summed E-state index contributed by atoms with van der Waals surface area (Å²) >= 11 is 0. The fourth-order valence-corrected chi connectivity index (χ4v) is 3.26. The predicted octanol–water partition coefficient (Wildman–Crippen LogP) is 5.43. The molecule has 0 aliphatic carbocycles. The number of phenols is 2. The maximum absolute atomic E-state index is 11.8. The molecule has 0 amide bonds. The van der Waals surface area contributed by atoms with Crippen LogP contribution in [0.25, 0.3) is 21.5 Å². The highest BCUT2D eigenvalue weighted by molar-refractivity contribution is 7.37. The van der Waals surface area contributed by atoms with Crippen molar-refractivity contribution in [3.63, 3.8) is 0 Å². The molecule has 1 unspecified atom stereocenters. The lowest BCUT2D eigenvalue weighted by Crippen LogP contribution is -1.73. The number of phenolic OH excluding ortho intramolecular Hbond substituents is 2. The first-order valence-electron chi connectivity index (χ1n) is 6.97. The van der Waals surface area contributed by atoms with Crippen LogP contribution in [0.15, 0.2) is 77.0 Å². The molecule has 0 aliphatic heterocycles. The first-order chi connectivity index (χ1) is 11.1. The molecule has 4 nitrogen and oxygen atoms in total. The van der Waals surface area contributed by atoms with E-state index in [1.165, 1.54) is 24.3 Å². The molecule has 3 aromatic carbocycles. The lowest BCUT2D eigenvalue weighted by molar-refractivity contribution is 0.460. The van der Waals surface area contributed by atoms with Crippen LogP contribution >= 0.6 is 7.65 Å². The molecule has 1 atom stereocenters. The third-order valence-corrected chi connectivity index (χ3v) is 4.45. The van der Waals surface area contributed by atoms with E-state index in [0.717, 1.165) is 15.9 Å². The summed E-state index contributed by atoms with van der Waals surface area (Å²) in [4.78, 5) is 0. The van der Waals surface area contributed by atoms with Crippen molar-refractivity contribution in [2.45, 2.75) is 0 Å². The van der Waals surface area contributed by atoms with Gasteiger partial charge in [-0.1, -0.05) is 30.3 Å². The van der Waals surface area contributed by atoms with E-state index >= 15 is 0 Å². The summed E-state index contributed by atoms with van der Waals surface area (Å²) in [5, 5.41) is 20.1. The van der Waals surface area contributed by atoms with Crippen LogP contribution in [0.3, 0.4) is 0 Å². The zero-order valence-electron chi connectivity index (χ0n) is 12.1. The van der Waals surface area contributed by atoms with Crippen LogP contribution in [-0.2, 0) is 4.57 Å². The van der Waals surface area contributed by atoms with E-state index in [0.29, 0.717) is 5.58 Å². The standard InChI is InChI=1S/C12H8O2P.C6H6O2/c13-15-12-8-4-2-6-10(12)9-5-1-3-7-11(9)14-15;7-5-1-2-6(8)4-3-5/h1-8H;1-4,7-8H/q+1;. The SMILES string of the molecule is O=[p+]1oc2ccccc2c2ccccc21.Oc1ccc(O)cc1. The largest absolute Gasteiger partial charge is 0.597 e. The monoisotopic (exact) mass is 325 g/mol. The van der Waals surface area contributed by atoms with Gasteiger partial charge >= 0.3 is 7.65 Å². The number of hydrogen-bond donors (Lipinski definition) is 2. The summed E-state index contributed by atoms with van der Waals surface area (Å²) in [6.07, 6.45) is 0. The van der Waals surface area contributed by atoms with Crippen molar-refractivity contribution in [3.05, 3.63) is 72.8 Å². The Labute approximate surface area is 133 Å². The van der Waals surface area contributed by atoms with Crippen molar-refractivity contribution in [3.8, 4) is 11.5 Å². The highest BCUT2D eigenvalue weighted by Crippen LogP contribution is 2.34. The van der Waals surface area contributed by atoms with Gasteiger partial charge in [-0.25, -0.2) is 4.20 Å². The Kier molecular flexibility index (Phi) is 4.26. The van der Waals surface area contributed by atoms with Crippen molar-refractivity contribution in [2.75, 3.05) is 0 Å². The molecule has 5 heteroatoms. The molecule has 0 fully saturated rings. The summed E-state index contributed by atoms with van der Waals surface area (Å²) in [6, 6.07) is 21.0. The molecule has 0 radical (unpaired) electrons. The minimum absolute atomic E-state index is 0.169. The molecule has 2 N–H and O–H groups in total. The van der Waals surface area contributed by atoms with Gasteiger partial charge in [0.1, 0.15) is 11.5 Å². The molecule has 0 saturated carbocycles. The Morgan fingerprint density at radius 2 is 1.22 bits per heavy atom. The van der Waals surface area contributed by atoms with Gasteiger partial charge in [0, 0.05) is 10.8 Å². The molecule has 4 aromatic rings. The second kappa shape index (κ2) is 6.51. The quantitative estimate of drug-likeness (QED) is 0.334. The van der Waals surface area contributed by atoms with Crippen LogP contribution in [0.2, 0.25) is 0 Å². The van der Waals surface area contributed by atoms with Gasteiger partial charge in [-0.3, -0.25) is 0 Å². The number of benzene rings is 3. The Morgan fingerprint density at radius 3 is 1.87 bits per heavy atom. The van der Waals surface area contributed by atoms with Crippen molar-refractivity contribution in [1.82, 2.24) is 0 Å². The molecule has 114 valence electrons. The van der Waals surface area contributed by atoms with E-state index in [9.17, 15) is 4.57 Å². The average molecular weight is 325 g/mol. The van der Waals surface area contributed by atoms with E-state index in [2.05, 4.69) is 0 Å².